The van der Waals surface area contributed by atoms with Gasteiger partial charge in [0, 0.05) is 25.2 Å². The van der Waals surface area contributed by atoms with Crippen LogP contribution in [-0.2, 0) is 0 Å². The van der Waals surface area contributed by atoms with E-state index in [0.29, 0.717) is 17.4 Å². The molecule has 2 aliphatic rings. The van der Waals surface area contributed by atoms with Gasteiger partial charge in [0.05, 0.1) is 11.9 Å². The first kappa shape index (κ1) is 13.3. The van der Waals surface area contributed by atoms with E-state index >= 15 is 0 Å². The minimum Gasteiger partial charge on any atom is -0.332 e. The highest BCUT2D eigenvalue weighted by Gasteiger charge is 2.36. The summed E-state index contributed by atoms with van der Waals surface area (Å²) in [4.78, 5) is 21.3. The highest BCUT2D eigenvalue weighted by atomic mass is 16.2. The molecule has 6 heteroatoms. The van der Waals surface area contributed by atoms with Gasteiger partial charge < -0.3 is 10.3 Å². The van der Waals surface area contributed by atoms with Crippen molar-refractivity contribution in [3.05, 3.63) is 24.0 Å². The number of pyridine rings is 1. The van der Waals surface area contributed by atoms with Gasteiger partial charge >= 0.3 is 0 Å². The van der Waals surface area contributed by atoms with E-state index in [1.54, 1.807) is 18.3 Å². The third-order valence-corrected chi connectivity index (χ3v) is 4.35. The quantitative estimate of drug-likeness (QED) is 0.613. The van der Waals surface area contributed by atoms with Crippen LogP contribution in [-0.4, -0.2) is 52.4 Å². The molecular formula is C14H21N5O. The van der Waals surface area contributed by atoms with Crippen molar-refractivity contribution in [2.24, 2.45) is 5.84 Å². The minimum atomic E-state index is 0.0209. The lowest BCUT2D eigenvalue weighted by molar-refractivity contribution is 0.0390. The van der Waals surface area contributed by atoms with Gasteiger partial charge in [-0.05, 0) is 38.4 Å². The summed E-state index contributed by atoms with van der Waals surface area (Å²) in [7, 11) is 0. The monoisotopic (exact) mass is 275 g/mol. The number of hydrogen-bond acceptors (Lipinski definition) is 5. The molecule has 0 bridgehead atoms. The number of rotatable bonds is 2. The van der Waals surface area contributed by atoms with Crippen molar-refractivity contribution in [3.63, 3.8) is 0 Å². The number of aromatic nitrogens is 1. The van der Waals surface area contributed by atoms with Gasteiger partial charge in [0.25, 0.3) is 5.91 Å². The standard InChI is InChI=1S/C14H21N5O/c1-10-8-18-6-2-3-12(18)9-19(10)14(20)13-5-4-11(17-15)7-16-13/h4-5,7,10,12,17H,2-3,6,8-9,15H2,1H3. The van der Waals surface area contributed by atoms with Gasteiger partial charge in [-0.2, -0.15) is 0 Å². The SMILES string of the molecule is CC1CN2CCCC2CN1C(=O)c1ccc(NN)cn1. The number of amides is 1. The lowest BCUT2D eigenvalue weighted by atomic mass is 10.1. The van der Waals surface area contributed by atoms with Crippen LogP contribution in [0.25, 0.3) is 0 Å². The van der Waals surface area contributed by atoms with E-state index in [0.717, 1.165) is 13.1 Å². The predicted molar refractivity (Wildman–Crippen MR) is 77.1 cm³/mol. The second kappa shape index (κ2) is 5.38. The summed E-state index contributed by atoms with van der Waals surface area (Å²) in [6.07, 6.45) is 4.03. The summed E-state index contributed by atoms with van der Waals surface area (Å²) in [5.41, 5.74) is 3.71. The van der Waals surface area contributed by atoms with Gasteiger partial charge in [0.2, 0.25) is 0 Å². The van der Waals surface area contributed by atoms with E-state index in [4.69, 9.17) is 5.84 Å². The fourth-order valence-corrected chi connectivity index (χ4v) is 3.22. The number of hydrazine groups is 1. The van der Waals surface area contributed by atoms with E-state index in [1.165, 1.54) is 19.4 Å². The fourth-order valence-electron chi connectivity index (χ4n) is 3.22. The Bertz CT molecular complexity index is 489. The Morgan fingerprint density at radius 3 is 3.00 bits per heavy atom. The Labute approximate surface area is 118 Å². The Kier molecular flexibility index (Phi) is 3.58. The summed E-state index contributed by atoms with van der Waals surface area (Å²) < 4.78 is 0. The number of nitrogen functional groups attached to an aromatic ring is 1. The Morgan fingerprint density at radius 1 is 1.45 bits per heavy atom. The maximum atomic E-state index is 12.6. The number of fused-ring (bicyclic) bond motifs is 1. The highest BCUT2D eigenvalue weighted by Crippen LogP contribution is 2.25. The number of piperazine rings is 1. The predicted octanol–water partition coefficient (Wildman–Crippen LogP) is 0.676. The molecule has 0 saturated carbocycles. The topological polar surface area (TPSA) is 74.5 Å². The van der Waals surface area contributed by atoms with Crippen molar-refractivity contribution in [3.8, 4) is 0 Å². The number of hydrogen-bond donors (Lipinski definition) is 2. The van der Waals surface area contributed by atoms with Crippen LogP contribution in [0.3, 0.4) is 0 Å². The molecular weight excluding hydrogens is 254 g/mol. The van der Waals surface area contributed by atoms with Crippen LogP contribution in [0.4, 0.5) is 5.69 Å². The number of nitrogens with two attached hydrogens (primary N) is 1. The number of carbonyl (C=O) groups excluding carboxylic acids is 1. The molecule has 20 heavy (non-hydrogen) atoms. The van der Waals surface area contributed by atoms with Crippen LogP contribution in [0.2, 0.25) is 0 Å². The molecule has 2 fully saturated rings. The van der Waals surface area contributed by atoms with Crippen molar-refractivity contribution in [2.45, 2.75) is 31.8 Å². The molecule has 0 spiro atoms. The summed E-state index contributed by atoms with van der Waals surface area (Å²) in [6.45, 7) is 5.08. The third-order valence-electron chi connectivity index (χ3n) is 4.35. The van der Waals surface area contributed by atoms with Gasteiger partial charge in [0.15, 0.2) is 0 Å². The molecule has 3 rings (SSSR count). The average Bonchev–Trinajstić information content (AvgIpc) is 2.93. The first-order valence-electron chi connectivity index (χ1n) is 7.16. The maximum absolute atomic E-state index is 12.6. The largest absolute Gasteiger partial charge is 0.332 e. The fraction of sp³-hybridized carbons (Fsp3) is 0.571. The molecule has 1 amide bonds. The summed E-state index contributed by atoms with van der Waals surface area (Å²) in [5, 5.41) is 0. The Morgan fingerprint density at radius 2 is 2.30 bits per heavy atom. The van der Waals surface area contributed by atoms with Gasteiger partial charge in [-0.1, -0.05) is 0 Å². The van der Waals surface area contributed by atoms with E-state index in [2.05, 4.69) is 22.2 Å². The summed E-state index contributed by atoms with van der Waals surface area (Å²) in [5.74, 6) is 5.33. The van der Waals surface area contributed by atoms with E-state index < -0.39 is 0 Å². The molecule has 108 valence electrons. The summed E-state index contributed by atoms with van der Waals surface area (Å²) >= 11 is 0. The molecule has 2 unspecified atom stereocenters. The Balaban J connectivity index is 1.75. The van der Waals surface area contributed by atoms with E-state index in [1.807, 2.05) is 4.90 Å². The molecule has 3 N–H and O–H groups in total. The van der Waals surface area contributed by atoms with Gasteiger partial charge in [0.1, 0.15) is 5.69 Å². The normalized spacial score (nSPS) is 26.4. The molecule has 6 nitrogen and oxygen atoms in total. The molecule has 1 aromatic rings. The number of nitrogens with one attached hydrogen (secondary N) is 1. The van der Waals surface area contributed by atoms with Crippen LogP contribution in [0.5, 0.6) is 0 Å². The molecule has 2 atom stereocenters. The van der Waals surface area contributed by atoms with Gasteiger partial charge in [-0.15, -0.1) is 0 Å². The molecule has 0 aliphatic carbocycles. The van der Waals surface area contributed by atoms with E-state index in [-0.39, 0.29) is 11.9 Å². The lowest BCUT2D eigenvalue weighted by Gasteiger charge is -2.42. The second-order valence-corrected chi connectivity index (χ2v) is 5.67. The van der Waals surface area contributed by atoms with Crippen molar-refractivity contribution >= 4 is 11.6 Å². The minimum absolute atomic E-state index is 0.0209. The van der Waals surface area contributed by atoms with Crippen LogP contribution < -0.4 is 11.3 Å². The molecule has 0 radical (unpaired) electrons. The molecule has 2 saturated heterocycles. The number of carbonyl (C=O) groups is 1. The first-order valence-corrected chi connectivity index (χ1v) is 7.16. The number of nitrogens with zero attached hydrogens (tertiary/aromatic N) is 3. The second-order valence-electron chi connectivity index (χ2n) is 5.67. The van der Waals surface area contributed by atoms with Crippen molar-refractivity contribution in [1.29, 1.82) is 0 Å². The molecule has 2 aliphatic heterocycles. The smallest absolute Gasteiger partial charge is 0.272 e. The van der Waals surface area contributed by atoms with Crippen LogP contribution >= 0.6 is 0 Å². The van der Waals surface area contributed by atoms with Crippen LogP contribution in [0, 0.1) is 0 Å². The third kappa shape index (κ3) is 2.36. The molecule has 1 aromatic heterocycles. The first-order chi connectivity index (χ1) is 9.69. The Hall–Kier alpha value is -1.66. The van der Waals surface area contributed by atoms with E-state index in [9.17, 15) is 4.79 Å². The number of anilines is 1. The molecule has 0 aromatic carbocycles. The lowest BCUT2D eigenvalue weighted by Crippen LogP contribution is -2.56. The van der Waals surface area contributed by atoms with Crippen LogP contribution in [0.1, 0.15) is 30.3 Å². The van der Waals surface area contributed by atoms with Crippen molar-refractivity contribution in [2.75, 3.05) is 25.1 Å². The van der Waals surface area contributed by atoms with Crippen molar-refractivity contribution < 1.29 is 4.79 Å². The maximum Gasteiger partial charge on any atom is 0.272 e. The summed E-state index contributed by atoms with van der Waals surface area (Å²) in [6, 6.07) is 4.27. The highest BCUT2D eigenvalue weighted by molar-refractivity contribution is 5.92. The zero-order valence-corrected chi connectivity index (χ0v) is 11.7. The molecule has 3 heterocycles. The van der Waals surface area contributed by atoms with Gasteiger partial charge in [-0.3, -0.25) is 15.5 Å². The average molecular weight is 275 g/mol. The van der Waals surface area contributed by atoms with Crippen LogP contribution in [0.15, 0.2) is 18.3 Å². The zero-order chi connectivity index (χ0) is 14.1. The van der Waals surface area contributed by atoms with Crippen molar-refractivity contribution in [1.82, 2.24) is 14.8 Å². The zero-order valence-electron chi connectivity index (χ0n) is 11.7. The van der Waals surface area contributed by atoms with Gasteiger partial charge in [-0.25, -0.2) is 4.98 Å².